The van der Waals surface area contributed by atoms with Crippen LogP contribution < -0.4 is 4.90 Å². The van der Waals surface area contributed by atoms with Gasteiger partial charge in [0, 0.05) is 18.0 Å². The summed E-state index contributed by atoms with van der Waals surface area (Å²) >= 11 is 0. The van der Waals surface area contributed by atoms with Crippen molar-refractivity contribution in [1.29, 1.82) is 0 Å². The zero-order valence-corrected chi connectivity index (χ0v) is 17.0. The molecule has 0 spiro atoms. The summed E-state index contributed by atoms with van der Waals surface area (Å²) in [7, 11) is 0. The van der Waals surface area contributed by atoms with Crippen LogP contribution in [0.1, 0.15) is 22.7 Å². The maximum absolute atomic E-state index is 13.0. The quantitative estimate of drug-likeness (QED) is 0.433. The molecular formula is C23H26N3O4+. The Morgan fingerprint density at radius 2 is 1.93 bits per heavy atom. The molecule has 7 heteroatoms. The van der Waals surface area contributed by atoms with Crippen LogP contribution in [0, 0.1) is 6.92 Å². The Kier molecular flexibility index (Phi) is 5.92. The molecule has 2 N–H and O–H groups in total. The smallest absolute Gasteiger partial charge is 0.295 e. The van der Waals surface area contributed by atoms with Gasteiger partial charge in [0.15, 0.2) is 0 Å². The third-order valence-electron chi connectivity index (χ3n) is 5.77. The standard InChI is InChI=1S/C23H25N3O4/c1-16-4-6-17(7-5-16)21(27)19-20(18-3-2-8-24-15-18)26(23(29)22(19)28)10-9-25-11-13-30-14-12-25/h2-8,15,20,27H,9-14H2,1H3/p+1/b21-19+/t20-/m0/s1. The van der Waals surface area contributed by atoms with E-state index >= 15 is 0 Å². The first-order valence-corrected chi connectivity index (χ1v) is 10.2. The maximum atomic E-state index is 13.0. The minimum Gasteiger partial charge on any atom is -0.507 e. The highest BCUT2D eigenvalue weighted by Gasteiger charge is 2.46. The van der Waals surface area contributed by atoms with Crippen LogP contribution in [0.5, 0.6) is 0 Å². The molecule has 30 heavy (non-hydrogen) atoms. The van der Waals surface area contributed by atoms with E-state index in [1.807, 2.05) is 25.1 Å². The number of hydrogen-bond acceptors (Lipinski definition) is 5. The molecule has 1 aromatic carbocycles. The molecule has 0 radical (unpaired) electrons. The van der Waals surface area contributed by atoms with Crippen LogP contribution in [0.25, 0.3) is 5.76 Å². The second kappa shape index (κ2) is 8.77. The molecular weight excluding hydrogens is 382 g/mol. The van der Waals surface area contributed by atoms with Crippen LogP contribution in [0.4, 0.5) is 0 Å². The van der Waals surface area contributed by atoms with Crippen LogP contribution in [-0.2, 0) is 14.3 Å². The molecule has 2 fully saturated rings. The van der Waals surface area contributed by atoms with Crippen molar-refractivity contribution >= 4 is 17.4 Å². The van der Waals surface area contributed by atoms with Crippen LogP contribution in [0.2, 0.25) is 0 Å². The highest BCUT2D eigenvalue weighted by atomic mass is 16.5. The molecule has 0 unspecified atom stereocenters. The number of pyridine rings is 1. The van der Waals surface area contributed by atoms with E-state index < -0.39 is 17.7 Å². The number of aliphatic hydroxyl groups excluding tert-OH is 1. The summed E-state index contributed by atoms with van der Waals surface area (Å²) in [6.45, 7) is 6.26. The lowest BCUT2D eigenvalue weighted by Crippen LogP contribution is -3.14. The number of quaternary nitrogens is 1. The monoisotopic (exact) mass is 408 g/mol. The van der Waals surface area contributed by atoms with E-state index in [1.165, 1.54) is 4.90 Å². The summed E-state index contributed by atoms with van der Waals surface area (Å²) in [5.41, 5.74) is 2.40. The number of likely N-dealkylation sites (tertiary alicyclic amines) is 1. The SMILES string of the molecule is Cc1ccc(/C(O)=C2\C(=O)C(=O)N(CC[NH+]3CCOCC3)[C@H]2c2cccnc2)cc1. The molecule has 0 saturated carbocycles. The first-order valence-electron chi connectivity index (χ1n) is 10.2. The minimum absolute atomic E-state index is 0.119. The lowest BCUT2D eigenvalue weighted by atomic mass is 9.96. The Balaban J connectivity index is 1.71. The van der Waals surface area contributed by atoms with Crippen LogP contribution >= 0.6 is 0 Å². The molecule has 0 aliphatic carbocycles. The van der Waals surface area contributed by atoms with Crippen molar-refractivity contribution in [2.24, 2.45) is 0 Å². The number of ketones is 1. The Morgan fingerprint density at radius 3 is 2.60 bits per heavy atom. The van der Waals surface area contributed by atoms with E-state index in [0.717, 1.165) is 25.2 Å². The molecule has 3 heterocycles. The van der Waals surface area contributed by atoms with Gasteiger partial charge in [-0.1, -0.05) is 35.9 Å². The zero-order chi connectivity index (χ0) is 21.1. The molecule has 2 aliphatic heterocycles. The number of morpholine rings is 1. The van der Waals surface area contributed by atoms with E-state index in [1.54, 1.807) is 35.5 Å². The fourth-order valence-corrected chi connectivity index (χ4v) is 4.05. The number of nitrogens with zero attached hydrogens (tertiary/aromatic N) is 2. The van der Waals surface area contributed by atoms with Gasteiger partial charge < -0.3 is 19.6 Å². The van der Waals surface area contributed by atoms with Gasteiger partial charge in [-0.2, -0.15) is 0 Å². The summed E-state index contributed by atoms with van der Waals surface area (Å²) in [6, 6.07) is 10.2. The van der Waals surface area contributed by atoms with Crippen molar-refractivity contribution in [3.8, 4) is 0 Å². The summed E-state index contributed by atoms with van der Waals surface area (Å²) in [5.74, 6) is -1.38. The van der Waals surface area contributed by atoms with Gasteiger partial charge >= 0.3 is 0 Å². The van der Waals surface area contributed by atoms with E-state index in [-0.39, 0.29) is 11.3 Å². The molecule has 1 amide bonds. The summed E-state index contributed by atoms with van der Waals surface area (Å²) in [6.07, 6.45) is 3.29. The summed E-state index contributed by atoms with van der Waals surface area (Å²) in [5, 5.41) is 11.0. The number of benzene rings is 1. The highest BCUT2D eigenvalue weighted by Crippen LogP contribution is 2.38. The van der Waals surface area contributed by atoms with E-state index in [4.69, 9.17) is 4.74 Å². The number of aromatic nitrogens is 1. The number of carbonyl (C=O) groups excluding carboxylic acids is 2. The number of hydrogen-bond donors (Lipinski definition) is 2. The van der Waals surface area contributed by atoms with Crippen molar-refractivity contribution in [3.05, 3.63) is 71.1 Å². The van der Waals surface area contributed by atoms with Crippen molar-refractivity contribution < 1.29 is 24.3 Å². The predicted octanol–water partition coefficient (Wildman–Crippen LogP) is 0.727. The lowest BCUT2D eigenvalue weighted by molar-refractivity contribution is -0.907. The topological polar surface area (TPSA) is 84.2 Å². The number of ether oxygens (including phenoxy) is 1. The Labute approximate surface area is 175 Å². The van der Waals surface area contributed by atoms with Gasteiger partial charge in [0.2, 0.25) is 0 Å². The fraction of sp³-hybridized carbons (Fsp3) is 0.348. The average molecular weight is 408 g/mol. The van der Waals surface area contributed by atoms with Crippen LogP contribution in [0.15, 0.2) is 54.4 Å². The van der Waals surface area contributed by atoms with E-state index in [9.17, 15) is 14.7 Å². The third-order valence-corrected chi connectivity index (χ3v) is 5.77. The molecule has 0 bridgehead atoms. The third kappa shape index (κ3) is 3.99. The van der Waals surface area contributed by atoms with Crippen LogP contribution in [0.3, 0.4) is 0 Å². The van der Waals surface area contributed by atoms with Gasteiger partial charge in [-0.3, -0.25) is 14.6 Å². The second-order valence-electron chi connectivity index (χ2n) is 7.76. The Bertz CT molecular complexity index is 950. The van der Waals surface area contributed by atoms with Gasteiger partial charge in [-0.15, -0.1) is 0 Å². The van der Waals surface area contributed by atoms with Gasteiger partial charge in [-0.25, -0.2) is 0 Å². The number of aliphatic hydroxyl groups is 1. The van der Waals surface area contributed by atoms with Crippen molar-refractivity contribution in [1.82, 2.24) is 9.88 Å². The largest absolute Gasteiger partial charge is 0.507 e. The van der Waals surface area contributed by atoms with Gasteiger partial charge in [-0.05, 0) is 18.6 Å². The fourth-order valence-electron chi connectivity index (χ4n) is 4.05. The van der Waals surface area contributed by atoms with Gasteiger partial charge in [0.1, 0.15) is 18.8 Å². The Hall–Kier alpha value is -3.03. The molecule has 2 saturated heterocycles. The molecule has 2 aliphatic rings. The number of amides is 1. The normalized spacial score (nSPS) is 21.9. The molecule has 1 atom stereocenters. The highest BCUT2D eigenvalue weighted by molar-refractivity contribution is 6.46. The van der Waals surface area contributed by atoms with Crippen molar-refractivity contribution in [2.45, 2.75) is 13.0 Å². The molecule has 1 aromatic heterocycles. The van der Waals surface area contributed by atoms with Crippen LogP contribution in [-0.4, -0.2) is 66.1 Å². The number of aryl methyl sites for hydroxylation is 1. The van der Waals surface area contributed by atoms with E-state index in [2.05, 4.69) is 4.98 Å². The number of rotatable bonds is 5. The van der Waals surface area contributed by atoms with Crippen molar-refractivity contribution in [2.75, 3.05) is 39.4 Å². The Morgan fingerprint density at radius 1 is 1.20 bits per heavy atom. The molecule has 4 rings (SSSR count). The number of carbonyl (C=O) groups is 2. The predicted molar refractivity (Wildman–Crippen MR) is 111 cm³/mol. The average Bonchev–Trinajstić information content (AvgIpc) is 3.04. The van der Waals surface area contributed by atoms with Gasteiger partial charge in [0.05, 0.1) is 37.9 Å². The summed E-state index contributed by atoms with van der Waals surface area (Å²) in [4.78, 5) is 33.0. The first kappa shape index (κ1) is 20.3. The second-order valence-corrected chi connectivity index (χ2v) is 7.76. The minimum atomic E-state index is -0.654. The molecule has 2 aromatic rings. The summed E-state index contributed by atoms with van der Waals surface area (Å²) < 4.78 is 5.40. The number of Topliss-reactive ketones (excluding diaryl/α,β-unsaturated/α-hetero) is 1. The lowest BCUT2D eigenvalue weighted by Gasteiger charge is -2.29. The van der Waals surface area contributed by atoms with E-state index in [0.29, 0.717) is 30.9 Å². The maximum Gasteiger partial charge on any atom is 0.295 e. The zero-order valence-electron chi connectivity index (χ0n) is 17.0. The number of nitrogens with one attached hydrogen (secondary N) is 1. The first-order chi connectivity index (χ1) is 14.6. The molecule has 7 nitrogen and oxygen atoms in total. The molecule has 156 valence electrons. The van der Waals surface area contributed by atoms with Gasteiger partial charge in [0.25, 0.3) is 11.7 Å². The van der Waals surface area contributed by atoms with Crippen molar-refractivity contribution in [3.63, 3.8) is 0 Å².